The number of nitrogens with zero attached hydrogens (tertiary/aromatic N) is 2. The molecule has 0 saturated heterocycles. The van der Waals surface area contributed by atoms with Crippen molar-refractivity contribution in [3.63, 3.8) is 0 Å². The quantitative estimate of drug-likeness (QED) is 0.824. The van der Waals surface area contributed by atoms with Gasteiger partial charge in [-0.3, -0.25) is 4.68 Å². The molecule has 0 radical (unpaired) electrons. The van der Waals surface area contributed by atoms with Gasteiger partial charge in [0.1, 0.15) is 5.75 Å². The van der Waals surface area contributed by atoms with Crippen molar-refractivity contribution in [3.8, 4) is 5.75 Å². The fourth-order valence-corrected chi connectivity index (χ4v) is 3.24. The number of aromatic nitrogens is 2. The monoisotopic (exact) mass is 340 g/mol. The minimum Gasteiger partial charge on any atom is -0.495 e. The molecule has 2 aromatic rings. The topological polar surface area (TPSA) is 67.5 Å². The fourth-order valence-electron chi connectivity index (χ4n) is 2.72. The van der Waals surface area contributed by atoms with Gasteiger partial charge >= 0.3 is 0 Å². The van der Waals surface area contributed by atoms with Crippen LogP contribution in [-0.4, -0.2) is 32.9 Å². The number of rotatable bonds is 2. The van der Waals surface area contributed by atoms with Gasteiger partial charge in [-0.25, -0.2) is 0 Å². The van der Waals surface area contributed by atoms with Crippen molar-refractivity contribution in [1.29, 1.82) is 0 Å². The Kier molecular flexibility index (Phi) is 3.48. The van der Waals surface area contributed by atoms with Crippen molar-refractivity contribution in [2.75, 3.05) is 7.11 Å². The molecule has 0 amide bonds. The summed E-state index contributed by atoms with van der Waals surface area (Å²) in [7, 11) is 1.63. The summed E-state index contributed by atoms with van der Waals surface area (Å²) in [4.78, 5) is 0. The highest BCUT2D eigenvalue weighted by Crippen LogP contribution is 2.35. The molecule has 108 valence electrons. The third kappa shape index (κ3) is 2.55. The Labute approximate surface area is 125 Å². The van der Waals surface area contributed by atoms with Crippen LogP contribution in [-0.2, 0) is 0 Å². The van der Waals surface area contributed by atoms with Gasteiger partial charge in [0, 0.05) is 30.5 Å². The van der Waals surface area contributed by atoms with Crippen molar-refractivity contribution in [3.05, 3.63) is 22.8 Å². The number of ether oxygens (including phenoxy) is 1. The van der Waals surface area contributed by atoms with Gasteiger partial charge in [0.05, 0.1) is 23.1 Å². The number of methoxy groups -OCH3 is 1. The van der Waals surface area contributed by atoms with Crippen LogP contribution in [0.5, 0.6) is 5.75 Å². The molecule has 2 N–H and O–H groups in total. The van der Waals surface area contributed by atoms with E-state index in [9.17, 15) is 10.2 Å². The van der Waals surface area contributed by atoms with Crippen LogP contribution in [0.4, 0.5) is 0 Å². The van der Waals surface area contributed by atoms with Gasteiger partial charge in [-0.15, -0.1) is 0 Å². The molecule has 1 aromatic heterocycles. The molecule has 0 spiro atoms. The largest absolute Gasteiger partial charge is 0.495 e. The van der Waals surface area contributed by atoms with Gasteiger partial charge in [-0.2, -0.15) is 5.10 Å². The molecular weight excluding hydrogens is 324 g/mol. The molecule has 1 aliphatic rings. The average molecular weight is 341 g/mol. The lowest BCUT2D eigenvalue weighted by atomic mass is 9.90. The Morgan fingerprint density at radius 1 is 1.35 bits per heavy atom. The molecule has 0 unspecified atom stereocenters. The first kappa shape index (κ1) is 13.9. The van der Waals surface area contributed by atoms with Crippen molar-refractivity contribution in [2.24, 2.45) is 0 Å². The van der Waals surface area contributed by atoms with Crippen molar-refractivity contribution in [2.45, 2.75) is 37.5 Å². The number of fused-ring (bicyclic) bond motifs is 1. The highest BCUT2D eigenvalue weighted by Gasteiger charge is 2.31. The molecule has 1 heterocycles. The summed E-state index contributed by atoms with van der Waals surface area (Å²) in [6, 6.07) is 4.11. The second kappa shape index (κ2) is 5.02. The molecule has 1 fully saturated rings. The van der Waals surface area contributed by atoms with E-state index in [0.29, 0.717) is 12.8 Å². The van der Waals surface area contributed by atoms with Gasteiger partial charge in [0.15, 0.2) is 5.79 Å². The van der Waals surface area contributed by atoms with Gasteiger partial charge in [-0.05, 0) is 34.8 Å². The predicted octanol–water partition coefficient (Wildman–Crippen LogP) is 2.60. The van der Waals surface area contributed by atoms with Gasteiger partial charge in [0.2, 0.25) is 0 Å². The van der Waals surface area contributed by atoms with E-state index in [2.05, 4.69) is 21.0 Å². The summed E-state index contributed by atoms with van der Waals surface area (Å²) >= 11 is 3.47. The Morgan fingerprint density at radius 2 is 2.05 bits per heavy atom. The van der Waals surface area contributed by atoms with Crippen molar-refractivity contribution in [1.82, 2.24) is 9.78 Å². The zero-order valence-corrected chi connectivity index (χ0v) is 12.8. The number of benzene rings is 1. The minimum atomic E-state index is -1.50. The van der Waals surface area contributed by atoms with E-state index in [4.69, 9.17) is 4.74 Å². The zero-order chi connectivity index (χ0) is 14.3. The van der Waals surface area contributed by atoms with E-state index >= 15 is 0 Å². The maximum atomic E-state index is 9.59. The van der Waals surface area contributed by atoms with Gasteiger partial charge in [0.25, 0.3) is 0 Å². The van der Waals surface area contributed by atoms with Crippen LogP contribution < -0.4 is 4.74 Å². The Bertz CT molecular complexity index is 629. The molecule has 1 saturated carbocycles. The van der Waals surface area contributed by atoms with Crippen LogP contribution in [0.15, 0.2) is 22.8 Å². The molecular formula is C14H17BrN2O3. The van der Waals surface area contributed by atoms with Crippen LogP contribution in [0.3, 0.4) is 0 Å². The highest BCUT2D eigenvalue weighted by atomic mass is 79.9. The Balaban J connectivity index is 1.90. The van der Waals surface area contributed by atoms with Gasteiger partial charge < -0.3 is 14.9 Å². The minimum absolute atomic E-state index is 0.222. The number of hydrogen-bond donors (Lipinski definition) is 2. The summed E-state index contributed by atoms with van der Waals surface area (Å²) in [6.07, 6.45) is 4.23. The molecule has 0 bridgehead atoms. The average Bonchev–Trinajstić information content (AvgIpc) is 2.80. The van der Waals surface area contributed by atoms with Crippen LogP contribution in [0, 0.1) is 0 Å². The van der Waals surface area contributed by atoms with Crippen LogP contribution in [0.25, 0.3) is 10.9 Å². The summed E-state index contributed by atoms with van der Waals surface area (Å²) in [5, 5.41) is 24.8. The lowest BCUT2D eigenvalue weighted by Gasteiger charge is -2.31. The third-order valence-electron chi connectivity index (χ3n) is 3.93. The summed E-state index contributed by atoms with van der Waals surface area (Å²) in [5.41, 5.74) is 0.884. The van der Waals surface area contributed by atoms with Crippen LogP contribution in [0.2, 0.25) is 0 Å². The van der Waals surface area contributed by atoms with E-state index in [1.807, 2.05) is 23.0 Å². The molecule has 20 heavy (non-hydrogen) atoms. The summed E-state index contributed by atoms with van der Waals surface area (Å²) in [6.45, 7) is 0. The lowest BCUT2D eigenvalue weighted by molar-refractivity contribution is -0.185. The maximum Gasteiger partial charge on any atom is 0.162 e. The first-order valence-corrected chi connectivity index (χ1v) is 7.45. The summed E-state index contributed by atoms with van der Waals surface area (Å²) < 4.78 is 8.11. The second-order valence-electron chi connectivity index (χ2n) is 5.37. The first-order chi connectivity index (χ1) is 9.48. The lowest BCUT2D eigenvalue weighted by Crippen LogP contribution is -2.34. The van der Waals surface area contributed by atoms with Gasteiger partial charge in [-0.1, -0.05) is 0 Å². The SMILES string of the molecule is COc1cc2nn(C3CCC(O)(O)CC3)cc2cc1Br. The molecule has 0 aliphatic heterocycles. The molecule has 0 atom stereocenters. The number of halogens is 1. The Hall–Kier alpha value is -1.11. The number of hydrogen-bond acceptors (Lipinski definition) is 4. The first-order valence-electron chi connectivity index (χ1n) is 6.66. The predicted molar refractivity (Wildman–Crippen MR) is 78.7 cm³/mol. The van der Waals surface area contributed by atoms with E-state index in [1.165, 1.54) is 0 Å². The van der Waals surface area contributed by atoms with E-state index in [-0.39, 0.29) is 6.04 Å². The standard InChI is InChI=1S/C14H17BrN2O3/c1-20-13-7-12-9(6-11(13)15)8-17(16-12)10-2-4-14(18,19)5-3-10/h6-8,10,18-19H,2-5H2,1H3. The van der Waals surface area contributed by atoms with E-state index in [0.717, 1.165) is 34.0 Å². The number of aliphatic hydroxyl groups is 2. The molecule has 1 aromatic carbocycles. The highest BCUT2D eigenvalue weighted by molar-refractivity contribution is 9.10. The third-order valence-corrected chi connectivity index (χ3v) is 4.55. The van der Waals surface area contributed by atoms with Crippen molar-refractivity contribution < 1.29 is 14.9 Å². The zero-order valence-electron chi connectivity index (χ0n) is 11.2. The molecule has 1 aliphatic carbocycles. The smallest absolute Gasteiger partial charge is 0.162 e. The normalized spacial score (nSPS) is 19.4. The van der Waals surface area contributed by atoms with E-state index in [1.54, 1.807) is 7.11 Å². The molecule has 3 rings (SSSR count). The van der Waals surface area contributed by atoms with Crippen LogP contribution in [0.1, 0.15) is 31.7 Å². The molecule has 5 nitrogen and oxygen atoms in total. The fraction of sp³-hybridized carbons (Fsp3) is 0.500. The molecule has 6 heteroatoms. The van der Waals surface area contributed by atoms with Crippen molar-refractivity contribution >= 4 is 26.8 Å². The second-order valence-corrected chi connectivity index (χ2v) is 6.22. The summed E-state index contributed by atoms with van der Waals surface area (Å²) in [5.74, 6) is -0.744. The Morgan fingerprint density at radius 3 is 2.70 bits per heavy atom. The van der Waals surface area contributed by atoms with Crippen LogP contribution >= 0.6 is 15.9 Å². The maximum absolute atomic E-state index is 9.59. The van der Waals surface area contributed by atoms with E-state index < -0.39 is 5.79 Å².